The first kappa shape index (κ1) is 14.2. The van der Waals surface area contributed by atoms with Crippen LogP contribution in [0.4, 0.5) is 0 Å². The van der Waals surface area contributed by atoms with Crippen LogP contribution in [0.2, 0.25) is 0 Å². The second kappa shape index (κ2) is 5.31. The van der Waals surface area contributed by atoms with Crippen molar-refractivity contribution in [1.29, 1.82) is 0 Å². The van der Waals surface area contributed by atoms with Gasteiger partial charge in [-0.05, 0) is 18.3 Å². The third kappa shape index (κ3) is 3.67. The number of allylic oxidation sites excluding steroid dienone is 1. The Morgan fingerprint density at radius 3 is 2.07 bits per heavy atom. The summed E-state index contributed by atoms with van der Waals surface area (Å²) in [6, 6.07) is 0. The average molecular weight is 214 g/mol. The second-order valence-electron chi connectivity index (χ2n) is 4.76. The smallest absolute Gasteiger partial charge is 0.300 e. The molecule has 1 rings (SSSR count). The Labute approximate surface area is 91.8 Å². The first-order chi connectivity index (χ1) is 6.73. The predicted octanol–water partition coefficient (Wildman–Crippen LogP) is 2.31. The molecule has 0 radical (unpaired) electrons. The van der Waals surface area contributed by atoms with Crippen LogP contribution in [0.5, 0.6) is 0 Å². The van der Waals surface area contributed by atoms with E-state index in [1.807, 2.05) is 0 Å². The van der Waals surface area contributed by atoms with Gasteiger partial charge in [0.2, 0.25) is 0 Å². The van der Waals surface area contributed by atoms with Gasteiger partial charge in [-0.3, -0.25) is 4.79 Å². The molecule has 0 saturated heterocycles. The molecule has 88 valence electrons. The van der Waals surface area contributed by atoms with Crippen molar-refractivity contribution in [2.75, 3.05) is 6.61 Å². The molecule has 0 bridgehead atoms. The van der Waals surface area contributed by atoms with E-state index in [2.05, 4.69) is 33.8 Å². The zero-order valence-electron chi connectivity index (χ0n) is 10.2. The maximum absolute atomic E-state index is 9.09. The highest BCUT2D eigenvalue weighted by atomic mass is 16.4. The molecule has 0 spiro atoms. The summed E-state index contributed by atoms with van der Waals surface area (Å²) in [6.45, 7) is 10.2. The summed E-state index contributed by atoms with van der Waals surface area (Å²) >= 11 is 0. The van der Waals surface area contributed by atoms with Crippen LogP contribution in [0.25, 0.3) is 0 Å². The molecule has 3 heteroatoms. The summed E-state index contributed by atoms with van der Waals surface area (Å²) < 4.78 is 0. The van der Waals surface area contributed by atoms with Crippen LogP contribution in [0.3, 0.4) is 0 Å². The largest absolute Gasteiger partial charge is 0.481 e. The van der Waals surface area contributed by atoms with Crippen molar-refractivity contribution in [1.82, 2.24) is 0 Å². The van der Waals surface area contributed by atoms with Crippen molar-refractivity contribution in [2.24, 2.45) is 17.3 Å². The lowest BCUT2D eigenvalue weighted by Crippen LogP contribution is -2.27. The molecule has 0 heterocycles. The van der Waals surface area contributed by atoms with Gasteiger partial charge in [-0.2, -0.15) is 0 Å². The Kier molecular flexibility index (Phi) is 5.01. The molecular weight excluding hydrogens is 192 g/mol. The number of rotatable bonds is 1. The van der Waals surface area contributed by atoms with Crippen LogP contribution >= 0.6 is 0 Å². The Balaban J connectivity index is 0.000000423. The molecule has 0 amide bonds. The molecular formula is C12H22O3. The zero-order valence-corrected chi connectivity index (χ0v) is 10.2. The molecule has 1 aliphatic rings. The van der Waals surface area contributed by atoms with Crippen LogP contribution in [-0.4, -0.2) is 22.8 Å². The number of hydrogen-bond acceptors (Lipinski definition) is 2. The Morgan fingerprint density at radius 2 is 1.93 bits per heavy atom. The molecule has 2 N–H and O–H groups in total. The molecule has 3 nitrogen and oxygen atoms in total. The molecule has 0 aromatic heterocycles. The molecule has 2 atom stereocenters. The molecule has 0 aromatic carbocycles. The van der Waals surface area contributed by atoms with Crippen LogP contribution in [-0.2, 0) is 4.79 Å². The van der Waals surface area contributed by atoms with Gasteiger partial charge in [0.25, 0.3) is 5.97 Å². The topological polar surface area (TPSA) is 57.5 Å². The van der Waals surface area contributed by atoms with Crippen molar-refractivity contribution < 1.29 is 15.0 Å². The van der Waals surface area contributed by atoms with Crippen molar-refractivity contribution in [2.45, 2.75) is 34.6 Å². The number of aliphatic hydroxyl groups excluding tert-OH is 1. The standard InChI is InChI=1S/C10H18O.C2H4O2/c1-7-5-9(6-11)10(3,4)8(7)2;1-2(3)4/h5,8-9,11H,6H2,1-4H3;1H3,(H,3,4)/t8-,9+;/m1./s1. The fraction of sp³-hybridized carbons (Fsp3) is 0.750. The predicted molar refractivity (Wildman–Crippen MR) is 60.6 cm³/mol. The fourth-order valence-corrected chi connectivity index (χ4v) is 1.87. The molecule has 0 saturated carbocycles. The minimum absolute atomic E-state index is 0.249. The zero-order chi connectivity index (χ0) is 12.2. The fourth-order valence-electron chi connectivity index (χ4n) is 1.87. The van der Waals surface area contributed by atoms with E-state index in [1.165, 1.54) is 5.57 Å². The van der Waals surface area contributed by atoms with E-state index >= 15 is 0 Å². The summed E-state index contributed by atoms with van der Waals surface area (Å²) in [7, 11) is 0. The highest BCUT2D eigenvalue weighted by Gasteiger charge is 2.38. The summed E-state index contributed by atoms with van der Waals surface area (Å²) in [5.74, 6) is 0.136. The van der Waals surface area contributed by atoms with E-state index in [-0.39, 0.29) is 12.0 Å². The number of carboxylic acid groups (broad SMARTS) is 1. The summed E-state index contributed by atoms with van der Waals surface area (Å²) in [5, 5.41) is 16.5. The second-order valence-corrected chi connectivity index (χ2v) is 4.76. The first-order valence-corrected chi connectivity index (χ1v) is 5.22. The van der Waals surface area contributed by atoms with Crippen LogP contribution < -0.4 is 0 Å². The molecule has 0 unspecified atom stereocenters. The van der Waals surface area contributed by atoms with E-state index in [9.17, 15) is 0 Å². The highest BCUT2D eigenvalue weighted by molar-refractivity contribution is 5.62. The monoisotopic (exact) mass is 214 g/mol. The number of carbonyl (C=O) groups is 1. The summed E-state index contributed by atoms with van der Waals surface area (Å²) in [6.07, 6.45) is 2.21. The van der Waals surface area contributed by atoms with Crippen LogP contribution in [0, 0.1) is 17.3 Å². The van der Waals surface area contributed by atoms with Crippen molar-refractivity contribution in [3.8, 4) is 0 Å². The van der Waals surface area contributed by atoms with Gasteiger partial charge in [-0.1, -0.05) is 32.4 Å². The van der Waals surface area contributed by atoms with Gasteiger partial charge in [0.15, 0.2) is 0 Å². The lowest BCUT2D eigenvalue weighted by molar-refractivity contribution is -0.134. The molecule has 0 aliphatic heterocycles. The van der Waals surface area contributed by atoms with Gasteiger partial charge in [-0.25, -0.2) is 0 Å². The first-order valence-electron chi connectivity index (χ1n) is 5.22. The number of aliphatic hydroxyl groups is 1. The minimum atomic E-state index is -0.833. The van der Waals surface area contributed by atoms with E-state index in [4.69, 9.17) is 15.0 Å². The number of carboxylic acids is 1. The van der Waals surface area contributed by atoms with E-state index < -0.39 is 5.97 Å². The van der Waals surface area contributed by atoms with Gasteiger partial charge >= 0.3 is 0 Å². The number of aliphatic carboxylic acids is 1. The van der Waals surface area contributed by atoms with Gasteiger partial charge in [0, 0.05) is 19.4 Å². The average Bonchev–Trinajstić information content (AvgIpc) is 2.28. The van der Waals surface area contributed by atoms with Gasteiger partial charge in [0.1, 0.15) is 0 Å². The van der Waals surface area contributed by atoms with Crippen molar-refractivity contribution in [3.05, 3.63) is 11.6 Å². The quantitative estimate of drug-likeness (QED) is 0.658. The molecule has 0 aromatic rings. The van der Waals surface area contributed by atoms with Crippen LogP contribution in [0.15, 0.2) is 11.6 Å². The van der Waals surface area contributed by atoms with Gasteiger partial charge in [-0.15, -0.1) is 0 Å². The third-order valence-corrected chi connectivity index (χ3v) is 3.42. The summed E-state index contributed by atoms with van der Waals surface area (Å²) in [5.41, 5.74) is 1.67. The third-order valence-electron chi connectivity index (χ3n) is 3.42. The lowest BCUT2D eigenvalue weighted by Gasteiger charge is -2.31. The lowest BCUT2D eigenvalue weighted by atomic mass is 9.74. The minimum Gasteiger partial charge on any atom is -0.481 e. The van der Waals surface area contributed by atoms with E-state index in [0.717, 1.165) is 6.92 Å². The Morgan fingerprint density at radius 1 is 1.53 bits per heavy atom. The molecule has 0 fully saturated rings. The summed E-state index contributed by atoms with van der Waals surface area (Å²) in [4.78, 5) is 9.00. The van der Waals surface area contributed by atoms with E-state index in [0.29, 0.717) is 11.8 Å². The van der Waals surface area contributed by atoms with Gasteiger partial charge < -0.3 is 10.2 Å². The van der Waals surface area contributed by atoms with Crippen molar-refractivity contribution in [3.63, 3.8) is 0 Å². The van der Waals surface area contributed by atoms with E-state index in [1.54, 1.807) is 0 Å². The Bertz CT molecular complexity index is 250. The van der Waals surface area contributed by atoms with Gasteiger partial charge in [0.05, 0.1) is 0 Å². The van der Waals surface area contributed by atoms with Crippen LogP contribution in [0.1, 0.15) is 34.6 Å². The normalized spacial score (nSPS) is 27.7. The maximum Gasteiger partial charge on any atom is 0.300 e. The molecule has 1 aliphatic carbocycles. The highest BCUT2D eigenvalue weighted by Crippen LogP contribution is 2.45. The maximum atomic E-state index is 9.09. The molecule has 15 heavy (non-hydrogen) atoms. The number of hydrogen-bond donors (Lipinski definition) is 2. The van der Waals surface area contributed by atoms with Crippen molar-refractivity contribution >= 4 is 5.97 Å². The SMILES string of the molecule is CC(=O)O.CC1=C[C@@H](CO)C(C)(C)[C@@H]1C. The Hall–Kier alpha value is -0.830.